The van der Waals surface area contributed by atoms with Gasteiger partial charge in [0.2, 0.25) is 22.8 Å². The molecule has 0 aromatic carbocycles. The summed E-state index contributed by atoms with van der Waals surface area (Å²) >= 11 is 33.3. The van der Waals surface area contributed by atoms with Crippen LogP contribution in [0.4, 0.5) is 0 Å². The number of hydrogen-bond acceptors (Lipinski definition) is 18. The zero-order valence-electron chi connectivity index (χ0n) is 45.3. The highest BCUT2D eigenvalue weighted by Crippen LogP contribution is 2.68. The molecule has 0 saturated carbocycles. The van der Waals surface area contributed by atoms with E-state index >= 15 is 0 Å². The summed E-state index contributed by atoms with van der Waals surface area (Å²) in [5, 5.41) is 0. The standard InChI is InChI=1S/C47H97IO10P4S8/c1-14-22-26-43(18-5)32-51-59(63,52-33-44(19-6)27-23-15-2)68-36-39(9)55-61(65,70-38-41(11)57-62(66,58-42(12)48)67-31-30-47(49)50-13)56-40(10)37-69-60(64,53-34-45(20-7)28-24-16-3)54-35-46(21-8)29-25-17-4/h39-46H,14-38H2,1-13H3. The van der Waals surface area contributed by atoms with Crippen molar-refractivity contribution in [3.63, 3.8) is 0 Å². The smallest absolute Gasteiger partial charge is 0.306 e. The lowest BCUT2D eigenvalue weighted by Crippen LogP contribution is -2.17. The van der Waals surface area contributed by atoms with Crippen LogP contribution < -0.4 is 0 Å². The molecule has 0 radical (unpaired) electrons. The van der Waals surface area contributed by atoms with Crippen LogP contribution >= 0.6 is 90.9 Å². The van der Waals surface area contributed by atoms with E-state index in [1.54, 1.807) is 22.8 Å². The third-order valence-electron chi connectivity index (χ3n) is 11.4. The van der Waals surface area contributed by atoms with Gasteiger partial charge < -0.3 is 40.9 Å². The first-order chi connectivity index (χ1) is 33.1. The molecular weight excluding hydrogens is 1230 g/mol. The minimum atomic E-state index is -3.07. The predicted octanol–water partition coefficient (Wildman–Crippen LogP) is 19.3. The number of carbonyl (C=O) groups is 1. The van der Waals surface area contributed by atoms with Crippen molar-refractivity contribution in [1.82, 2.24) is 0 Å². The normalized spacial score (nSPS) is 19.1. The van der Waals surface area contributed by atoms with Gasteiger partial charge in [-0.25, -0.2) is 0 Å². The second-order valence-electron chi connectivity index (χ2n) is 18.1. The van der Waals surface area contributed by atoms with Gasteiger partial charge in [0.25, 0.3) is 0 Å². The third-order valence-corrected chi connectivity index (χ3v) is 34.0. The molecule has 0 rings (SSSR count). The quantitative estimate of drug-likeness (QED) is 0.0250. The number of halogens is 1. The summed E-state index contributed by atoms with van der Waals surface area (Å²) in [5.74, 6) is 3.36. The summed E-state index contributed by atoms with van der Waals surface area (Å²) in [6.45, 7) is 28.1. The molecule has 0 aromatic heterocycles. The lowest BCUT2D eigenvalue weighted by molar-refractivity contribution is -0.140. The Morgan fingerprint density at radius 3 is 1.01 bits per heavy atom. The molecular formula is C47H97IO10P4S8. The third kappa shape index (κ3) is 36.9. The van der Waals surface area contributed by atoms with Gasteiger partial charge in [-0.2, -0.15) is 0 Å². The van der Waals surface area contributed by atoms with Crippen molar-refractivity contribution >= 4 is 144 Å². The van der Waals surface area contributed by atoms with E-state index in [1.807, 2.05) is 27.7 Å². The van der Waals surface area contributed by atoms with Crippen molar-refractivity contribution in [2.45, 2.75) is 215 Å². The number of rotatable bonds is 49. The molecule has 0 fully saturated rings. The number of alkyl halides is 1. The maximum atomic E-state index is 11.9. The van der Waals surface area contributed by atoms with Crippen LogP contribution in [-0.4, -0.2) is 84.9 Å². The fourth-order valence-electron chi connectivity index (χ4n) is 6.64. The Bertz CT molecular complexity index is 1410. The molecule has 0 spiro atoms. The largest absolute Gasteiger partial charge is 0.469 e. The van der Waals surface area contributed by atoms with Crippen LogP contribution in [0.3, 0.4) is 0 Å². The summed E-state index contributed by atoms with van der Waals surface area (Å²) in [4.78, 5) is 11.9. The number of carbonyl (C=O) groups excluding carboxylic acids is 1. The van der Waals surface area contributed by atoms with Crippen molar-refractivity contribution in [1.29, 1.82) is 0 Å². The topological polar surface area (TPSA) is 100 Å². The first kappa shape index (κ1) is 73.9. The molecule has 420 valence electrons. The first-order valence-electron chi connectivity index (χ1n) is 26.2. The van der Waals surface area contributed by atoms with Gasteiger partial charge in [0.1, 0.15) is 4.11 Å². The van der Waals surface area contributed by atoms with Crippen molar-refractivity contribution in [3.05, 3.63) is 0 Å². The van der Waals surface area contributed by atoms with Crippen LogP contribution in [-0.2, 0) is 92.9 Å². The Labute approximate surface area is 480 Å². The van der Waals surface area contributed by atoms with Crippen molar-refractivity contribution in [2.75, 3.05) is 56.5 Å². The van der Waals surface area contributed by atoms with E-state index in [1.165, 1.54) is 55.6 Å². The molecule has 0 aliphatic carbocycles. The van der Waals surface area contributed by atoms with Gasteiger partial charge in [-0.15, -0.1) is 0 Å². The zero-order chi connectivity index (χ0) is 53.1. The van der Waals surface area contributed by atoms with Crippen LogP contribution in [0.2, 0.25) is 0 Å². The fourth-order valence-corrected chi connectivity index (χ4v) is 28.2. The van der Waals surface area contributed by atoms with Crippen molar-refractivity contribution in [2.24, 2.45) is 23.7 Å². The second kappa shape index (κ2) is 43.6. The van der Waals surface area contributed by atoms with E-state index in [9.17, 15) is 4.79 Å². The lowest BCUT2D eigenvalue weighted by Gasteiger charge is -2.32. The zero-order valence-corrected chi connectivity index (χ0v) is 57.6. The molecule has 70 heavy (non-hydrogen) atoms. The van der Waals surface area contributed by atoms with Gasteiger partial charge in [-0.3, -0.25) is 4.79 Å². The predicted molar refractivity (Wildman–Crippen MR) is 337 cm³/mol. The molecule has 0 aliphatic rings. The Hall–Kier alpha value is 3.88. The highest BCUT2D eigenvalue weighted by atomic mass is 127. The molecule has 0 amide bonds. The van der Waals surface area contributed by atoms with Crippen molar-refractivity contribution < 1.29 is 45.7 Å². The number of ether oxygens (including phenoxy) is 1. The molecule has 0 aliphatic heterocycles. The Balaban J connectivity index is 6.66. The van der Waals surface area contributed by atoms with Gasteiger partial charge in [0.15, 0.2) is 0 Å². The molecule has 0 bridgehead atoms. The molecule has 0 N–H and O–H groups in total. The Kier molecular flexibility index (Phi) is 46.1. The molecule has 23 heteroatoms. The first-order valence-corrected chi connectivity index (χ1v) is 44.3. The Morgan fingerprint density at radius 2 is 0.757 bits per heavy atom. The minimum absolute atomic E-state index is 0.191. The van der Waals surface area contributed by atoms with Crippen LogP contribution in [0, 0.1) is 23.7 Å². The van der Waals surface area contributed by atoms with Crippen LogP contribution in [0.25, 0.3) is 0 Å². The SMILES string of the molecule is CCCCC(CC)COP(=S)(OCC(CC)CCCC)SCC(C)OP(=S)(OC(C)CSP(=S)(OCC(CC)CCCC)OCC(CC)CCCC)SCC(C)OP(=S)(OC(C)I)SCCC(=O)OC. The summed E-state index contributed by atoms with van der Waals surface area (Å²) in [5.41, 5.74) is -11.4. The number of esters is 1. The highest BCUT2D eigenvalue weighted by molar-refractivity contribution is 14.1. The van der Waals surface area contributed by atoms with Gasteiger partial charge in [-0.05, 0) is 124 Å². The van der Waals surface area contributed by atoms with E-state index < -0.39 is 22.8 Å². The average molecular weight is 1330 g/mol. The van der Waals surface area contributed by atoms with Crippen LogP contribution in [0.5, 0.6) is 0 Å². The van der Waals surface area contributed by atoms with E-state index in [-0.39, 0.29) is 34.8 Å². The fraction of sp³-hybridized carbons (Fsp3) is 0.979. The minimum Gasteiger partial charge on any atom is -0.469 e. The number of unbranched alkanes of at least 4 members (excludes halogenated alkanes) is 4. The monoisotopic (exact) mass is 1330 g/mol. The van der Waals surface area contributed by atoms with Crippen LogP contribution in [0.1, 0.15) is 192 Å². The molecule has 10 nitrogen and oxygen atoms in total. The van der Waals surface area contributed by atoms with Gasteiger partial charge in [0.05, 0.1) is 58.3 Å². The maximum absolute atomic E-state index is 11.9. The van der Waals surface area contributed by atoms with Crippen LogP contribution in [0.15, 0.2) is 0 Å². The highest BCUT2D eigenvalue weighted by Gasteiger charge is 2.33. The molecule has 9 unspecified atom stereocenters. The summed E-state index contributed by atoms with van der Waals surface area (Å²) < 4.78 is 57.9. The van der Waals surface area contributed by atoms with E-state index in [0.29, 0.717) is 73.1 Å². The van der Waals surface area contributed by atoms with E-state index in [4.69, 9.17) is 88.2 Å². The van der Waals surface area contributed by atoms with Gasteiger partial charge in [-0.1, -0.05) is 201 Å². The van der Waals surface area contributed by atoms with E-state index in [2.05, 4.69) is 78.0 Å². The van der Waals surface area contributed by atoms with E-state index in [0.717, 1.165) is 77.0 Å². The number of methoxy groups -OCH3 is 1. The molecule has 0 heterocycles. The average Bonchev–Trinajstić information content (AvgIpc) is 3.32. The lowest BCUT2D eigenvalue weighted by atomic mass is 10.0. The van der Waals surface area contributed by atoms with Gasteiger partial charge >= 0.3 is 5.97 Å². The van der Waals surface area contributed by atoms with Crippen molar-refractivity contribution in [3.8, 4) is 0 Å². The van der Waals surface area contributed by atoms with Gasteiger partial charge in [0, 0.05) is 23.0 Å². The number of hydrogen-bond donors (Lipinski definition) is 0. The molecule has 0 aromatic rings. The second-order valence-corrected chi connectivity index (χ2v) is 45.1. The maximum Gasteiger partial charge on any atom is 0.306 e. The summed E-state index contributed by atoms with van der Waals surface area (Å²) in [7, 11) is 1.38. The molecule has 9 atom stereocenters. The Morgan fingerprint density at radius 1 is 0.471 bits per heavy atom. The summed E-state index contributed by atoms with van der Waals surface area (Å²) in [6.07, 6.45) is 17.1. The summed E-state index contributed by atoms with van der Waals surface area (Å²) in [6, 6.07) is 0. The molecule has 0 saturated heterocycles.